The molecule has 2 aromatic rings. The number of hydrogen-bond acceptors (Lipinski definition) is 4. The lowest BCUT2D eigenvalue weighted by atomic mass is 10.1. The highest BCUT2D eigenvalue weighted by Crippen LogP contribution is 2.30. The molecule has 0 radical (unpaired) electrons. The Labute approximate surface area is 141 Å². The van der Waals surface area contributed by atoms with E-state index in [0.29, 0.717) is 19.0 Å². The number of amides is 1. The minimum atomic E-state index is 0.126. The molecule has 1 aliphatic heterocycles. The van der Waals surface area contributed by atoms with Crippen molar-refractivity contribution in [3.8, 4) is 0 Å². The maximum atomic E-state index is 12.1. The van der Waals surface area contributed by atoms with E-state index in [0.717, 1.165) is 25.3 Å². The van der Waals surface area contributed by atoms with Gasteiger partial charge in [0.2, 0.25) is 5.91 Å². The van der Waals surface area contributed by atoms with Crippen molar-refractivity contribution in [2.24, 2.45) is 0 Å². The first kappa shape index (κ1) is 16.3. The Morgan fingerprint density at radius 2 is 2.26 bits per heavy atom. The summed E-state index contributed by atoms with van der Waals surface area (Å²) in [6, 6.07) is 8.38. The van der Waals surface area contributed by atoms with Gasteiger partial charge in [0, 0.05) is 17.8 Å². The molecule has 1 atom stereocenters. The zero-order chi connectivity index (χ0) is 15.9. The molecule has 0 bridgehead atoms. The van der Waals surface area contributed by atoms with Crippen molar-refractivity contribution in [2.45, 2.75) is 44.7 Å². The molecule has 0 saturated carbocycles. The highest BCUT2D eigenvalue weighted by atomic mass is 32.1. The molecular weight excluding hydrogens is 308 g/mol. The van der Waals surface area contributed by atoms with Crippen LogP contribution in [-0.4, -0.2) is 23.9 Å². The molecule has 4 nitrogen and oxygen atoms in total. The summed E-state index contributed by atoms with van der Waals surface area (Å²) in [6.07, 6.45) is 7.10. The smallest absolute Gasteiger partial charge is 0.221 e. The number of hydrogen-bond donors (Lipinski definition) is 1. The van der Waals surface area contributed by atoms with E-state index >= 15 is 0 Å². The van der Waals surface area contributed by atoms with Crippen LogP contribution < -0.4 is 5.32 Å². The molecule has 3 rings (SSSR count). The first-order chi connectivity index (χ1) is 11.3. The van der Waals surface area contributed by atoms with Gasteiger partial charge in [0.15, 0.2) is 0 Å². The molecule has 2 aromatic heterocycles. The minimum Gasteiger partial charge on any atom is -0.468 e. The van der Waals surface area contributed by atoms with Gasteiger partial charge in [-0.15, -0.1) is 11.3 Å². The largest absolute Gasteiger partial charge is 0.468 e. The standard InChI is InChI=1S/C18H24N2O2S/c21-18(19-14-15-6-5-13-23-15)9-11-20-10-3-1-2-7-16(20)17-8-4-12-22-17/h4-6,8,12-13,16H,1-3,7,9-11,14H2,(H,19,21)/t16-/m1/s1. The first-order valence-corrected chi connectivity index (χ1v) is 9.27. The van der Waals surface area contributed by atoms with Crippen LogP contribution in [0.25, 0.3) is 0 Å². The fraction of sp³-hybridized carbons (Fsp3) is 0.500. The Bertz CT molecular complexity index is 580. The quantitative estimate of drug-likeness (QED) is 0.871. The molecule has 1 N–H and O–H groups in total. The first-order valence-electron chi connectivity index (χ1n) is 8.39. The Hall–Kier alpha value is -1.59. The molecule has 0 aromatic carbocycles. The summed E-state index contributed by atoms with van der Waals surface area (Å²) in [5, 5.41) is 5.05. The lowest BCUT2D eigenvalue weighted by Gasteiger charge is -2.28. The monoisotopic (exact) mass is 332 g/mol. The van der Waals surface area contributed by atoms with Gasteiger partial charge in [0.1, 0.15) is 5.76 Å². The summed E-state index contributed by atoms with van der Waals surface area (Å²) in [6.45, 7) is 2.48. The van der Waals surface area contributed by atoms with Crippen molar-refractivity contribution in [3.05, 3.63) is 46.5 Å². The van der Waals surface area contributed by atoms with E-state index in [4.69, 9.17) is 4.42 Å². The second-order valence-corrected chi connectivity index (χ2v) is 7.05. The zero-order valence-corrected chi connectivity index (χ0v) is 14.2. The Morgan fingerprint density at radius 3 is 3.04 bits per heavy atom. The predicted molar refractivity (Wildman–Crippen MR) is 92.3 cm³/mol. The highest BCUT2D eigenvalue weighted by molar-refractivity contribution is 7.09. The molecule has 3 heterocycles. The van der Waals surface area contributed by atoms with E-state index in [1.165, 1.54) is 24.1 Å². The van der Waals surface area contributed by atoms with E-state index in [2.05, 4.69) is 16.3 Å². The molecule has 0 aliphatic carbocycles. The Kier molecular flexibility index (Phi) is 5.88. The number of nitrogens with zero attached hydrogens (tertiary/aromatic N) is 1. The summed E-state index contributed by atoms with van der Waals surface area (Å²) in [4.78, 5) is 15.7. The second kappa shape index (κ2) is 8.31. The van der Waals surface area contributed by atoms with Gasteiger partial charge in [-0.05, 0) is 43.0 Å². The van der Waals surface area contributed by atoms with Gasteiger partial charge >= 0.3 is 0 Å². The van der Waals surface area contributed by atoms with Crippen molar-refractivity contribution >= 4 is 17.2 Å². The van der Waals surface area contributed by atoms with Crippen LogP contribution in [0.5, 0.6) is 0 Å². The zero-order valence-electron chi connectivity index (χ0n) is 13.4. The van der Waals surface area contributed by atoms with Gasteiger partial charge in [-0.25, -0.2) is 0 Å². The molecule has 0 spiro atoms. The third-order valence-electron chi connectivity index (χ3n) is 4.40. The van der Waals surface area contributed by atoms with Gasteiger partial charge < -0.3 is 9.73 Å². The number of carbonyl (C=O) groups excluding carboxylic acids is 1. The van der Waals surface area contributed by atoms with E-state index in [1.807, 2.05) is 23.6 Å². The predicted octanol–water partition coefficient (Wildman–Crippen LogP) is 3.96. The topological polar surface area (TPSA) is 45.5 Å². The average molecular weight is 332 g/mol. The van der Waals surface area contributed by atoms with Gasteiger partial charge in [-0.2, -0.15) is 0 Å². The van der Waals surface area contributed by atoms with Gasteiger partial charge in [-0.1, -0.05) is 18.9 Å². The molecule has 1 saturated heterocycles. The lowest BCUT2D eigenvalue weighted by molar-refractivity contribution is -0.121. The van der Waals surface area contributed by atoms with Crippen molar-refractivity contribution < 1.29 is 9.21 Å². The molecule has 23 heavy (non-hydrogen) atoms. The van der Waals surface area contributed by atoms with Gasteiger partial charge in [0.25, 0.3) is 0 Å². The fourth-order valence-corrected chi connectivity index (χ4v) is 3.82. The molecule has 1 aliphatic rings. The summed E-state index contributed by atoms with van der Waals surface area (Å²) in [5.41, 5.74) is 0. The average Bonchev–Trinajstić information content (AvgIpc) is 3.22. The van der Waals surface area contributed by atoms with E-state index in [9.17, 15) is 4.79 Å². The van der Waals surface area contributed by atoms with Crippen molar-refractivity contribution in [1.82, 2.24) is 10.2 Å². The summed E-state index contributed by atoms with van der Waals surface area (Å²) in [5.74, 6) is 1.16. The van der Waals surface area contributed by atoms with Crippen LogP contribution in [0.3, 0.4) is 0 Å². The van der Waals surface area contributed by atoms with Crippen LogP contribution in [0.1, 0.15) is 48.8 Å². The third kappa shape index (κ3) is 4.69. The SMILES string of the molecule is O=C(CCN1CCCCC[C@@H]1c1ccco1)NCc1cccs1. The summed E-state index contributed by atoms with van der Waals surface area (Å²) in [7, 11) is 0. The molecule has 1 fully saturated rings. The number of nitrogens with one attached hydrogen (secondary N) is 1. The molecule has 1 amide bonds. The fourth-order valence-electron chi connectivity index (χ4n) is 3.17. The summed E-state index contributed by atoms with van der Waals surface area (Å²) < 4.78 is 5.62. The molecular formula is C18H24N2O2S. The van der Waals surface area contributed by atoms with Gasteiger partial charge in [-0.3, -0.25) is 9.69 Å². The van der Waals surface area contributed by atoms with E-state index in [1.54, 1.807) is 17.6 Å². The second-order valence-electron chi connectivity index (χ2n) is 6.02. The molecule has 0 unspecified atom stereocenters. The number of thiophene rings is 1. The maximum absolute atomic E-state index is 12.1. The number of furan rings is 1. The maximum Gasteiger partial charge on any atom is 0.221 e. The van der Waals surface area contributed by atoms with Crippen LogP contribution in [0, 0.1) is 0 Å². The molecule has 124 valence electrons. The minimum absolute atomic E-state index is 0.126. The number of likely N-dealkylation sites (tertiary alicyclic amines) is 1. The van der Waals surface area contributed by atoms with Crippen LogP contribution in [-0.2, 0) is 11.3 Å². The van der Waals surface area contributed by atoms with Crippen LogP contribution >= 0.6 is 11.3 Å². The van der Waals surface area contributed by atoms with Crippen molar-refractivity contribution in [1.29, 1.82) is 0 Å². The number of carbonyl (C=O) groups is 1. The summed E-state index contributed by atoms with van der Waals surface area (Å²) >= 11 is 1.67. The van der Waals surface area contributed by atoms with Crippen LogP contribution in [0.2, 0.25) is 0 Å². The van der Waals surface area contributed by atoms with Gasteiger partial charge in [0.05, 0.1) is 18.8 Å². The lowest BCUT2D eigenvalue weighted by Crippen LogP contribution is -2.33. The highest BCUT2D eigenvalue weighted by Gasteiger charge is 2.24. The van der Waals surface area contributed by atoms with Crippen molar-refractivity contribution in [2.75, 3.05) is 13.1 Å². The normalized spacial score (nSPS) is 19.4. The van der Waals surface area contributed by atoms with Crippen LogP contribution in [0.4, 0.5) is 0 Å². The Balaban J connectivity index is 1.51. The Morgan fingerprint density at radius 1 is 1.30 bits per heavy atom. The van der Waals surface area contributed by atoms with Crippen molar-refractivity contribution in [3.63, 3.8) is 0 Å². The van der Waals surface area contributed by atoms with Crippen LogP contribution in [0.15, 0.2) is 40.3 Å². The molecule has 5 heteroatoms. The van der Waals surface area contributed by atoms with E-state index < -0.39 is 0 Å². The number of rotatable bonds is 6. The third-order valence-corrected chi connectivity index (χ3v) is 5.28. The van der Waals surface area contributed by atoms with E-state index in [-0.39, 0.29) is 5.91 Å².